The number of carbonyl (C=O) groups is 1. The number of nitrogens with one attached hydrogen (secondary N) is 2. The smallest absolute Gasteiger partial charge is 0.275 e. The lowest BCUT2D eigenvalue weighted by Crippen LogP contribution is -3.08. The molecule has 0 heterocycles. The molecule has 0 aromatic heterocycles. The van der Waals surface area contributed by atoms with Crippen LogP contribution in [0.1, 0.15) is 11.1 Å². The molecule has 2 aromatic rings. The minimum atomic E-state index is 0.00966. The third-order valence-electron chi connectivity index (χ3n) is 3.53. The normalized spacial score (nSPS) is 11.8. The van der Waals surface area contributed by atoms with Gasteiger partial charge in [0, 0.05) is 22.7 Å². The summed E-state index contributed by atoms with van der Waals surface area (Å²) >= 11 is 5.98. The summed E-state index contributed by atoms with van der Waals surface area (Å²) in [7, 11) is 3.62. The van der Waals surface area contributed by atoms with Crippen molar-refractivity contribution >= 4 is 17.5 Å². The number of rotatable bonds is 7. The fourth-order valence-electron chi connectivity index (χ4n) is 2.44. The number of quaternary nitrogens is 1. The van der Waals surface area contributed by atoms with E-state index in [9.17, 15) is 4.79 Å². The van der Waals surface area contributed by atoms with E-state index in [0.717, 1.165) is 33.3 Å². The number of likely N-dealkylation sites (N-methyl/N-ethyl adjacent to an activating group) is 1. The maximum absolute atomic E-state index is 12.1. The molecule has 0 aliphatic heterocycles. The zero-order valence-corrected chi connectivity index (χ0v) is 14.2. The van der Waals surface area contributed by atoms with Gasteiger partial charge in [0.1, 0.15) is 12.3 Å². The molecule has 122 valence electrons. The van der Waals surface area contributed by atoms with Crippen molar-refractivity contribution in [3.63, 3.8) is 0 Å². The number of methoxy groups -OCH3 is 1. The van der Waals surface area contributed by atoms with Gasteiger partial charge in [-0.05, 0) is 18.2 Å². The van der Waals surface area contributed by atoms with Crippen LogP contribution >= 0.6 is 11.6 Å². The number of carbonyl (C=O) groups excluding carboxylic acids is 1. The summed E-state index contributed by atoms with van der Waals surface area (Å²) in [4.78, 5) is 13.2. The van der Waals surface area contributed by atoms with E-state index in [2.05, 4.69) is 5.32 Å². The summed E-state index contributed by atoms with van der Waals surface area (Å²) in [6.45, 7) is 1.62. The second kappa shape index (κ2) is 8.56. The molecule has 0 aliphatic rings. The second-order valence-corrected chi connectivity index (χ2v) is 5.97. The summed E-state index contributed by atoms with van der Waals surface area (Å²) in [6, 6.07) is 15.4. The van der Waals surface area contributed by atoms with E-state index in [4.69, 9.17) is 16.3 Å². The quantitative estimate of drug-likeness (QED) is 0.809. The van der Waals surface area contributed by atoms with Gasteiger partial charge in [-0.2, -0.15) is 0 Å². The van der Waals surface area contributed by atoms with Crippen molar-refractivity contribution in [2.45, 2.75) is 13.1 Å². The first-order valence-corrected chi connectivity index (χ1v) is 7.90. The molecule has 2 rings (SSSR count). The Morgan fingerprint density at radius 1 is 1.22 bits per heavy atom. The number of para-hydroxylation sites is 1. The van der Waals surface area contributed by atoms with Crippen molar-refractivity contribution in [2.24, 2.45) is 0 Å². The Hall–Kier alpha value is -2.04. The van der Waals surface area contributed by atoms with Crippen LogP contribution in [0.4, 0.5) is 0 Å². The van der Waals surface area contributed by atoms with Gasteiger partial charge in [-0.3, -0.25) is 4.79 Å². The highest BCUT2D eigenvalue weighted by Gasteiger charge is 2.11. The topological polar surface area (TPSA) is 42.8 Å². The number of halogens is 1. The summed E-state index contributed by atoms with van der Waals surface area (Å²) in [5.41, 5.74) is 2.09. The van der Waals surface area contributed by atoms with Crippen LogP contribution in [0.5, 0.6) is 5.75 Å². The lowest BCUT2D eigenvalue weighted by molar-refractivity contribution is -0.885. The predicted octanol–water partition coefficient (Wildman–Crippen LogP) is 1.68. The number of hydrogen-bond acceptors (Lipinski definition) is 2. The van der Waals surface area contributed by atoms with Crippen molar-refractivity contribution in [2.75, 3.05) is 20.7 Å². The van der Waals surface area contributed by atoms with Gasteiger partial charge in [0.05, 0.1) is 14.2 Å². The van der Waals surface area contributed by atoms with Gasteiger partial charge in [-0.25, -0.2) is 0 Å². The van der Waals surface area contributed by atoms with E-state index in [0.29, 0.717) is 13.1 Å². The van der Waals surface area contributed by atoms with E-state index < -0.39 is 0 Å². The van der Waals surface area contributed by atoms with Crippen molar-refractivity contribution in [3.8, 4) is 5.75 Å². The van der Waals surface area contributed by atoms with Gasteiger partial charge < -0.3 is 15.0 Å². The van der Waals surface area contributed by atoms with E-state index in [-0.39, 0.29) is 5.91 Å². The van der Waals surface area contributed by atoms with Crippen LogP contribution in [0.3, 0.4) is 0 Å². The zero-order valence-electron chi connectivity index (χ0n) is 13.4. The van der Waals surface area contributed by atoms with Gasteiger partial charge in [-0.15, -0.1) is 0 Å². The Morgan fingerprint density at radius 2 is 2.00 bits per heavy atom. The predicted molar refractivity (Wildman–Crippen MR) is 91.8 cm³/mol. The highest BCUT2D eigenvalue weighted by Crippen LogP contribution is 2.16. The van der Waals surface area contributed by atoms with Gasteiger partial charge in [0.25, 0.3) is 5.91 Å². The number of hydrogen-bond donors (Lipinski definition) is 2. The first-order chi connectivity index (χ1) is 11.1. The highest BCUT2D eigenvalue weighted by molar-refractivity contribution is 6.30. The molecule has 4 nitrogen and oxygen atoms in total. The average Bonchev–Trinajstić information content (AvgIpc) is 2.53. The molecule has 5 heteroatoms. The Kier molecular flexibility index (Phi) is 6.44. The summed E-state index contributed by atoms with van der Waals surface area (Å²) in [6.07, 6.45) is 0. The highest BCUT2D eigenvalue weighted by atomic mass is 35.5. The third-order valence-corrected chi connectivity index (χ3v) is 3.76. The van der Waals surface area contributed by atoms with Crippen LogP contribution in [0.15, 0.2) is 48.5 Å². The molecule has 0 fully saturated rings. The average molecular weight is 334 g/mol. The second-order valence-electron chi connectivity index (χ2n) is 5.53. The molecule has 1 unspecified atom stereocenters. The molecule has 0 radical (unpaired) electrons. The van der Waals surface area contributed by atoms with Gasteiger partial charge in [0.2, 0.25) is 0 Å². The van der Waals surface area contributed by atoms with E-state index in [1.807, 2.05) is 55.6 Å². The Balaban J connectivity index is 1.82. The Labute approximate surface area is 142 Å². The lowest BCUT2D eigenvalue weighted by atomic mass is 10.2. The van der Waals surface area contributed by atoms with Crippen LogP contribution in [-0.4, -0.2) is 26.6 Å². The van der Waals surface area contributed by atoms with Crippen LogP contribution in [0.25, 0.3) is 0 Å². The number of amides is 1. The summed E-state index contributed by atoms with van der Waals surface area (Å²) in [5.74, 6) is 0.794. The third kappa shape index (κ3) is 5.58. The fourth-order valence-corrected chi connectivity index (χ4v) is 2.65. The SMILES string of the molecule is COc1ccccc1CNC(=O)C[NH+](C)Cc1cccc(Cl)c1. The molecule has 23 heavy (non-hydrogen) atoms. The zero-order chi connectivity index (χ0) is 16.7. The maximum Gasteiger partial charge on any atom is 0.275 e. The largest absolute Gasteiger partial charge is 0.496 e. The minimum Gasteiger partial charge on any atom is -0.496 e. The van der Waals surface area contributed by atoms with E-state index in [1.54, 1.807) is 7.11 Å². The van der Waals surface area contributed by atoms with E-state index >= 15 is 0 Å². The monoisotopic (exact) mass is 333 g/mol. The molecule has 0 bridgehead atoms. The Bertz CT molecular complexity index is 661. The number of benzene rings is 2. The molecule has 0 spiro atoms. The standard InChI is InChI=1S/C18H21ClN2O2/c1-21(12-14-6-5-8-16(19)10-14)13-18(22)20-11-15-7-3-4-9-17(15)23-2/h3-10H,11-13H2,1-2H3,(H,20,22)/p+1. The van der Waals surface area contributed by atoms with Gasteiger partial charge >= 0.3 is 0 Å². The van der Waals surface area contributed by atoms with Crippen molar-refractivity contribution in [3.05, 3.63) is 64.7 Å². The molecule has 2 N–H and O–H groups in total. The summed E-state index contributed by atoms with van der Waals surface area (Å²) in [5, 5.41) is 3.65. The molecule has 1 atom stereocenters. The van der Waals surface area contributed by atoms with Crippen LogP contribution < -0.4 is 15.0 Å². The molecule has 0 aliphatic carbocycles. The maximum atomic E-state index is 12.1. The molecular formula is C18H22ClN2O2+. The molecule has 0 saturated heterocycles. The first-order valence-electron chi connectivity index (χ1n) is 7.53. The first kappa shape index (κ1) is 17.3. The van der Waals surface area contributed by atoms with Gasteiger partial charge in [-0.1, -0.05) is 41.9 Å². The molecule has 1 amide bonds. The minimum absolute atomic E-state index is 0.00966. The molecule has 0 saturated carbocycles. The Morgan fingerprint density at radius 3 is 2.74 bits per heavy atom. The van der Waals surface area contributed by atoms with Crippen molar-refractivity contribution < 1.29 is 14.4 Å². The molecule has 2 aromatic carbocycles. The fraction of sp³-hybridized carbons (Fsp3) is 0.278. The van der Waals surface area contributed by atoms with Gasteiger partial charge in [0.15, 0.2) is 6.54 Å². The van der Waals surface area contributed by atoms with E-state index in [1.165, 1.54) is 0 Å². The number of ether oxygens (including phenoxy) is 1. The van der Waals surface area contributed by atoms with Crippen LogP contribution in [0, 0.1) is 0 Å². The van der Waals surface area contributed by atoms with Crippen molar-refractivity contribution in [1.29, 1.82) is 0 Å². The summed E-state index contributed by atoms with van der Waals surface area (Å²) < 4.78 is 5.28. The van der Waals surface area contributed by atoms with Crippen LogP contribution in [0.2, 0.25) is 5.02 Å². The molecular weight excluding hydrogens is 312 g/mol. The lowest BCUT2D eigenvalue weighted by Gasteiger charge is -2.14. The van der Waals surface area contributed by atoms with Crippen molar-refractivity contribution in [1.82, 2.24) is 5.32 Å². The van der Waals surface area contributed by atoms with Crippen LogP contribution in [-0.2, 0) is 17.9 Å².